The van der Waals surface area contributed by atoms with E-state index in [4.69, 9.17) is 9.47 Å². The summed E-state index contributed by atoms with van der Waals surface area (Å²) in [5.74, 6) is 0.674. The molecule has 0 bridgehead atoms. The van der Waals surface area contributed by atoms with Crippen LogP contribution in [-0.4, -0.2) is 48.4 Å². The average Bonchev–Trinajstić information content (AvgIpc) is 3.24. The van der Waals surface area contributed by atoms with Gasteiger partial charge in [-0.3, -0.25) is 4.79 Å². The van der Waals surface area contributed by atoms with Gasteiger partial charge in [-0.25, -0.2) is 4.79 Å². The van der Waals surface area contributed by atoms with Crippen LogP contribution in [0.15, 0.2) is 40.5 Å². The molecule has 0 radical (unpaired) electrons. The Balaban J connectivity index is 1.39. The summed E-state index contributed by atoms with van der Waals surface area (Å²) in [5.41, 5.74) is 2.32. The van der Waals surface area contributed by atoms with Gasteiger partial charge in [-0.15, -0.1) is 0 Å². The Bertz CT molecular complexity index is 873. The second kappa shape index (κ2) is 9.79. The van der Waals surface area contributed by atoms with Crippen molar-refractivity contribution in [1.82, 2.24) is 9.88 Å². The molecule has 2 aliphatic rings. The number of ether oxygens (including phenoxy) is 2. The molecule has 2 aromatic rings. The second-order valence-corrected chi connectivity index (χ2v) is 9.14. The topological polar surface area (TPSA) is 71.6 Å². The first-order chi connectivity index (χ1) is 14.7. The molecule has 7 heteroatoms. The zero-order chi connectivity index (χ0) is 20.9. The molecule has 1 N–H and O–H groups in total. The zero-order valence-electron chi connectivity index (χ0n) is 17.4. The number of likely N-dealkylation sites (tertiary alicyclic amines) is 1. The van der Waals surface area contributed by atoms with E-state index in [1.54, 1.807) is 4.90 Å². The standard InChI is InChI=1S/C23H30N2O4S/c1-28-23(27)25-13-5-8-19(20-15-30-22(26)24-20)21(25)14-29-18-11-9-17(10-12-18)16-6-3-2-4-7-16/h2-4,6-7,15,17-19,21H,5,8-14H2,1H3,(H,24,26)/t17?,18?,19-,21+/m1/s1. The van der Waals surface area contributed by atoms with Crippen molar-refractivity contribution in [3.63, 3.8) is 0 Å². The Morgan fingerprint density at radius 1 is 1.17 bits per heavy atom. The van der Waals surface area contributed by atoms with Crippen molar-refractivity contribution >= 4 is 17.4 Å². The number of piperidine rings is 1. The number of H-pyrrole nitrogens is 1. The van der Waals surface area contributed by atoms with Crippen LogP contribution in [0.4, 0.5) is 4.79 Å². The summed E-state index contributed by atoms with van der Waals surface area (Å²) in [5, 5.41) is 1.88. The molecule has 1 aliphatic heterocycles. The fourth-order valence-corrected chi connectivity index (χ4v) is 5.61. The Kier molecular flexibility index (Phi) is 6.89. The number of carbonyl (C=O) groups excluding carboxylic acids is 1. The van der Waals surface area contributed by atoms with Gasteiger partial charge in [-0.1, -0.05) is 41.7 Å². The molecule has 2 atom stereocenters. The van der Waals surface area contributed by atoms with Crippen LogP contribution in [0.1, 0.15) is 61.6 Å². The molecule has 2 fully saturated rings. The number of carbonyl (C=O) groups is 1. The first kappa shape index (κ1) is 21.1. The highest BCUT2D eigenvalue weighted by molar-refractivity contribution is 7.07. The number of rotatable bonds is 5. The molecule has 2 heterocycles. The number of methoxy groups -OCH3 is 1. The molecule has 30 heavy (non-hydrogen) atoms. The van der Waals surface area contributed by atoms with Gasteiger partial charge in [0, 0.05) is 23.5 Å². The zero-order valence-corrected chi connectivity index (χ0v) is 18.2. The highest BCUT2D eigenvalue weighted by atomic mass is 32.1. The minimum absolute atomic E-state index is 0.0564. The van der Waals surface area contributed by atoms with Crippen LogP contribution in [0.25, 0.3) is 0 Å². The first-order valence-corrected chi connectivity index (χ1v) is 11.7. The maximum Gasteiger partial charge on any atom is 0.409 e. The molecule has 0 unspecified atom stereocenters. The van der Waals surface area contributed by atoms with Crippen LogP contribution in [0, 0.1) is 0 Å². The van der Waals surface area contributed by atoms with E-state index in [2.05, 4.69) is 35.3 Å². The van der Waals surface area contributed by atoms with Crippen molar-refractivity contribution in [2.45, 2.75) is 62.5 Å². The van der Waals surface area contributed by atoms with E-state index in [9.17, 15) is 9.59 Å². The van der Waals surface area contributed by atoms with E-state index in [1.807, 2.05) is 5.38 Å². The SMILES string of the molecule is COC(=O)N1CCC[C@H](c2csc(=O)[nH]2)[C@@H]1COC1CCC(c2ccccc2)CC1. The smallest absolute Gasteiger partial charge is 0.409 e. The fraction of sp³-hybridized carbons (Fsp3) is 0.565. The van der Waals surface area contributed by atoms with Crippen LogP contribution >= 0.6 is 11.3 Å². The number of nitrogens with one attached hydrogen (secondary N) is 1. The lowest BCUT2D eigenvalue weighted by Gasteiger charge is -2.41. The van der Waals surface area contributed by atoms with E-state index in [0.29, 0.717) is 19.1 Å². The van der Waals surface area contributed by atoms with Crippen molar-refractivity contribution in [1.29, 1.82) is 0 Å². The fourth-order valence-electron chi connectivity index (χ4n) is 4.97. The van der Waals surface area contributed by atoms with E-state index in [-0.39, 0.29) is 29.0 Å². The van der Waals surface area contributed by atoms with E-state index in [0.717, 1.165) is 44.2 Å². The highest BCUT2D eigenvalue weighted by Crippen LogP contribution is 2.36. The Morgan fingerprint density at radius 3 is 2.60 bits per heavy atom. The van der Waals surface area contributed by atoms with Gasteiger partial charge < -0.3 is 19.4 Å². The molecule has 1 amide bonds. The van der Waals surface area contributed by atoms with Crippen LogP contribution in [0.5, 0.6) is 0 Å². The molecule has 1 saturated heterocycles. The number of hydrogen-bond acceptors (Lipinski definition) is 5. The third-order valence-corrected chi connectivity index (χ3v) is 7.26. The monoisotopic (exact) mass is 430 g/mol. The van der Waals surface area contributed by atoms with Crippen molar-refractivity contribution in [2.75, 3.05) is 20.3 Å². The van der Waals surface area contributed by atoms with Crippen molar-refractivity contribution in [2.24, 2.45) is 0 Å². The molecular formula is C23H30N2O4S. The maximum absolute atomic E-state index is 12.4. The quantitative estimate of drug-likeness (QED) is 0.758. The summed E-state index contributed by atoms with van der Waals surface area (Å²) in [7, 11) is 1.42. The summed E-state index contributed by atoms with van der Waals surface area (Å²) in [6.07, 6.45) is 6.02. The molecular weight excluding hydrogens is 400 g/mol. The second-order valence-electron chi connectivity index (χ2n) is 8.30. The van der Waals surface area contributed by atoms with E-state index in [1.165, 1.54) is 24.0 Å². The number of aromatic amines is 1. The van der Waals surface area contributed by atoms with Gasteiger partial charge in [0.1, 0.15) is 0 Å². The lowest BCUT2D eigenvalue weighted by atomic mass is 9.82. The summed E-state index contributed by atoms with van der Waals surface area (Å²) in [4.78, 5) is 28.7. The van der Waals surface area contributed by atoms with Crippen molar-refractivity contribution in [3.8, 4) is 0 Å². The Hall–Kier alpha value is -2.12. The third kappa shape index (κ3) is 4.78. The lowest BCUT2D eigenvalue weighted by Crippen LogP contribution is -2.50. The average molecular weight is 431 g/mol. The van der Waals surface area contributed by atoms with E-state index >= 15 is 0 Å². The maximum atomic E-state index is 12.4. The van der Waals surface area contributed by atoms with E-state index < -0.39 is 0 Å². The lowest BCUT2D eigenvalue weighted by molar-refractivity contribution is -0.0241. The van der Waals surface area contributed by atoms with Crippen LogP contribution in [-0.2, 0) is 9.47 Å². The van der Waals surface area contributed by atoms with Gasteiger partial charge in [-0.05, 0) is 50.0 Å². The third-order valence-electron chi connectivity index (χ3n) is 6.57. The number of aromatic nitrogens is 1. The van der Waals surface area contributed by atoms with Crippen LogP contribution in [0.3, 0.4) is 0 Å². The number of benzene rings is 1. The van der Waals surface area contributed by atoms with Gasteiger partial charge in [0.05, 0.1) is 25.9 Å². The summed E-state index contributed by atoms with van der Waals surface area (Å²) >= 11 is 1.17. The molecule has 162 valence electrons. The van der Waals surface area contributed by atoms with Crippen LogP contribution in [0.2, 0.25) is 0 Å². The van der Waals surface area contributed by atoms with Gasteiger partial charge >= 0.3 is 11.0 Å². The number of hydrogen-bond donors (Lipinski definition) is 1. The molecule has 6 nitrogen and oxygen atoms in total. The first-order valence-electron chi connectivity index (χ1n) is 10.8. The summed E-state index contributed by atoms with van der Waals surface area (Å²) < 4.78 is 11.4. The van der Waals surface area contributed by atoms with Crippen molar-refractivity contribution in [3.05, 3.63) is 56.6 Å². The number of thiazole rings is 1. The molecule has 0 spiro atoms. The Labute approximate surface area is 181 Å². The highest BCUT2D eigenvalue weighted by Gasteiger charge is 2.37. The molecule has 1 saturated carbocycles. The summed E-state index contributed by atoms with van der Waals surface area (Å²) in [6.45, 7) is 1.13. The molecule has 4 rings (SSSR count). The molecule has 1 aliphatic carbocycles. The normalized spacial score (nSPS) is 27.0. The Morgan fingerprint density at radius 2 is 1.93 bits per heavy atom. The van der Waals surface area contributed by atoms with Crippen molar-refractivity contribution < 1.29 is 14.3 Å². The number of amides is 1. The minimum atomic E-state index is -0.321. The molecule has 1 aromatic heterocycles. The predicted octanol–water partition coefficient (Wildman–Crippen LogP) is 4.49. The molecule has 1 aromatic carbocycles. The van der Waals surface area contributed by atoms with Gasteiger partial charge in [-0.2, -0.15) is 0 Å². The van der Waals surface area contributed by atoms with Crippen LogP contribution < -0.4 is 4.87 Å². The largest absolute Gasteiger partial charge is 0.453 e. The number of nitrogens with zero attached hydrogens (tertiary/aromatic N) is 1. The van der Waals surface area contributed by atoms with Gasteiger partial charge in [0.2, 0.25) is 0 Å². The predicted molar refractivity (Wildman–Crippen MR) is 117 cm³/mol. The minimum Gasteiger partial charge on any atom is -0.453 e. The van der Waals surface area contributed by atoms with Gasteiger partial charge in [0.15, 0.2) is 0 Å². The summed E-state index contributed by atoms with van der Waals surface area (Å²) in [6, 6.07) is 10.6. The van der Waals surface area contributed by atoms with Gasteiger partial charge in [0.25, 0.3) is 0 Å².